The van der Waals surface area contributed by atoms with Gasteiger partial charge in [-0.3, -0.25) is 0 Å². The van der Waals surface area contributed by atoms with Crippen LogP contribution in [0, 0.1) is 5.92 Å². The lowest BCUT2D eigenvalue weighted by atomic mass is 9.77. The van der Waals surface area contributed by atoms with Crippen molar-refractivity contribution in [3.8, 4) is 0 Å². The Balaban J connectivity index is 0. The molecule has 0 aliphatic heterocycles. The van der Waals surface area contributed by atoms with Gasteiger partial charge >= 0.3 is 0 Å². The summed E-state index contributed by atoms with van der Waals surface area (Å²) in [4.78, 5) is 0. The van der Waals surface area contributed by atoms with Crippen LogP contribution < -0.4 is 0 Å². The Morgan fingerprint density at radius 1 is 0.467 bits per heavy atom. The molecule has 0 saturated carbocycles. The summed E-state index contributed by atoms with van der Waals surface area (Å²) in [7, 11) is 3.39. The Morgan fingerprint density at radius 3 is 1.20 bits per heavy atom. The van der Waals surface area contributed by atoms with Crippen LogP contribution in [0.5, 0.6) is 0 Å². The Labute approximate surface area is 212 Å². The lowest BCUT2D eigenvalue weighted by Gasteiger charge is -2.39. The van der Waals surface area contributed by atoms with Gasteiger partial charge in [0.25, 0.3) is 0 Å². The monoisotopic (exact) mass is 554 g/mol. The van der Waals surface area contributed by atoms with Crippen LogP contribution in [0.15, 0.2) is 0 Å². The van der Waals surface area contributed by atoms with E-state index >= 15 is 0 Å². The molecule has 0 aliphatic rings. The molecule has 0 fully saturated rings. The van der Waals surface area contributed by atoms with Crippen LogP contribution in [0.2, 0.25) is 0 Å². The van der Waals surface area contributed by atoms with Crippen LogP contribution in [-0.4, -0.2) is 5.16 Å². The van der Waals surface area contributed by atoms with Crippen molar-refractivity contribution in [2.24, 2.45) is 5.92 Å². The zero-order valence-corrected chi connectivity index (χ0v) is 25.1. The zero-order valence-electron chi connectivity index (χ0n) is 21.6. The van der Waals surface area contributed by atoms with Gasteiger partial charge in [0.1, 0.15) is 0 Å². The third-order valence-electron chi connectivity index (χ3n) is 7.12. The standard InChI is InChI=1S/C28H59P.HI/c1-5-9-13-14-15-16-17-18-19-20-21-22-24-27(23-10-6-2)28(29,25-11-7-3)26-12-8-4;/h27H,5-26,29H2,1-4H3;1H. The van der Waals surface area contributed by atoms with Gasteiger partial charge in [-0.2, -0.15) is 0 Å². The minimum atomic E-state index is 0. The lowest BCUT2D eigenvalue weighted by Crippen LogP contribution is -2.32. The summed E-state index contributed by atoms with van der Waals surface area (Å²) in [5, 5.41) is 0.527. The van der Waals surface area contributed by atoms with Crippen LogP contribution in [-0.2, 0) is 0 Å². The normalized spacial score (nSPS) is 12.7. The maximum Gasteiger partial charge on any atom is -0.0122 e. The molecule has 0 aliphatic carbocycles. The maximum atomic E-state index is 3.39. The van der Waals surface area contributed by atoms with E-state index in [-0.39, 0.29) is 24.0 Å². The fraction of sp³-hybridized carbons (Fsp3) is 1.00. The number of unbranched alkanes of at least 4 members (excludes halogenated alkanes) is 14. The van der Waals surface area contributed by atoms with Crippen molar-refractivity contribution >= 4 is 33.2 Å². The molecule has 2 heteroatoms. The first-order valence-corrected chi connectivity index (χ1v) is 14.5. The van der Waals surface area contributed by atoms with Gasteiger partial charge in [0.05, 0.1) is 0 Å². The van der Waals surface area contributed by atoms with Crippen molar-refractivity contribution in [2.75, 3.05) is 0 Å². The van der Waals surface area contributed by atoms with E-state index < -0.39 is 0 Å². The Morgan fingerprint density at radius 2 is 0.800 bits per heavy atom. The number of hydrogen-bond acceptors (Lipinski definition) is 0. The van der Waals surface area contributed by atoms with Gasteiger partial charge in [0.2, 0.25) is 0 Å². The van der Waals surface area contributed by atoms with Crippen molar-refractivity contribution < 1.29 is 0 Å². The molecule has 2 unspecified atom stereocenters. The Kier molecular flexibility index (Phi) is 27.6. The predicted octanol–water partition coefficient (Wildman–Crippen LogP) is 11.5. The van der Waals surface area contributed by atoms with Gasteiger partial charge in [0, 0.05) is 0 Å². The summed E-state index contributed by atoms with van der Waals surface area (Å²) in [5.41, 5.74) is 0. The first-order valence-electron chi connectivity index (χ1n) is 13.9. The molecule has 0 radical (unpaired) electrons. The summed E-state index contributed by atoms with van der Waals surface area (Å²) in [6.45, 7) is 9.39. The summed E-state index contributed by atoms with van der Waals surface area (Å²) in [6, 6.07) is 0. The second kappa shape index (κ2) is 24.8. The van der Waals surface area contributed by atoms with E-state index in [1.54, 1.807) is 0 Å². The molecule has 0 rings (SSSR count). The average molecular weight is 555 g/mol. The second-order valence-electron chi connectivity index (χ2n) is 9.96. The molecule has 0 N–H and O–H groups in total. The highest BCUT2D eigenvalue weighted by Gasteiger charge is 2.32. The van der Waals surface area contributed by atoms with Gasteiger partial charge in [-0.25, -0.2) is 0 Å². The highest BCUT2D eigenvalue weighted by atomic mass is 127. The van der Waals surface area contributed by atoms with Crippen LogP contribution in [0.3, 0.4) is 0 Å². The molecule has 0 aromatic heterocycles. The average Bonchev–Trinajstić information content (AvgIpc) is 2.73. The third kappa shape index (κ3) is 18.7. The van der Waals surface area contributed by atoms with E-state index in [9.17, 15) is 0 Å². The van der Waals surface area contributed by atoms with Crippen molar-refractivity contribution in [3.05, 3.63) is 0 Å². The van der Waals surface area contributed by atoms with Gasteiger partial charge in [0.15, 0.2) is 0 Å². The number of hydrogen-bond donors (Lipinski definition) is 0. The summed E-state index contributed by atoms with van der Waals surface area (Å²) in [6.07, 6.45) is 31.7. The fourth-order valence-electron chi connectivity index (χ4n) is 4.95. The first-order chi connectivity index (χ1) is 14.1. The molecular weight excluding hydrogens is 494 g/mol. The molecular formula is C28H60IP. The van der Waals surface area contributed by atoms with Crippen LogP contribution in [0.25, 0.3) is 0 Å². The molecule has 0 aromatic carbocycles. The Bertz CT molecular complexity index is 310. The minimum Gasteiger partial charge on any atom is -0.131 e. The molecule has 0 saturated heterocycles. The Hall–Kier alpha value is 1.16. The van der Waals surface area contributed by atoms with E-state index in [0.29, 0.717) is 5.16 Å². The molecule has 0 aromatic rings. The highest BCUT2D eigenvalue weighted by molar-refractivity contribution is 14.0. The molecule has 0 spiro atoms. The third-order valence-corrected chi connectivity index (χ3v) is 8.17. The second-order valence-corrected chi connectivity index (χ2v) is 11.1. The summed E-state index contributed by atoms with van der Waals surface area (Å²) in [5.74, 6) is 0.939. The van der Waals surface area contributed by atoms with Gasteiger partial charge in [-0.05, 0) is 36.8 Å². The summed E-state index contributed by atoms with van der Waals surface area (Å²) >= 11 is 0. The molecule has 0 nitrogen and oxygen atoms in total. The largest absolute Gasteiger partial charge is 0.131 e. The predicted molar refractivity (Wildman–Crippen MR) is 156 cm³/mol. The van der Waals surface area contributed by atoms with Crippen LogP contribution >= 0.6 is 33.2 Å². The van der Waals surface area contributed by atoms with E-state index in [1.165, 1.54) is 141 Å². The van der Waals surface area contributed by atoms with Gasteiger partial charge in [-0.15, -0.1) is 33.2 Å². The smallest absolute Gasteiger partial charge is 0.0122 e. The molecule has 0 heterocycles. The molecule has 0 bridgehead atoms. The van der Waals surface area contributed by atoms with E-state index in [2.05, 4.69) is 36.9 Å². The number of halogens is 1. The SMILES string of the molecule is CCCCCCCCCCCCCCC(CCCC)C(P)(CCCC)CCCC.I. The topological polar surface area (TPSA) is 0 Å². The van der Waals surface area contributed by atoms with Crippen molar-refractivity contribution in [1.29, 1.82) is 0 Å². The van der Waals surface area contributed by atoms with Gasteiger partial charge < -0.3 is 0 Å². The van der Waals surface area contributed by atoms with Gasteiger partial charge in [-0.1, -0.05) is 143 Å². The quantitative estimate of drug-likeness (QED) is 0.0669. The first kappa shape index (κ1) is 33.3. The molecule has 184 valence electrons. The van der Waals surface area contributed by atoms with Crippen molar-refractivity contribution in [3.63, 3.8) is 0 Å². The summed E-state index contributed by atoms with van der Waals surface area (Å²) < 4.78 is 0. The van der Waals surface area contributed by atoms with Crippen LogP contribution in [0.1, 0.15) is 169 Å². The van der Waals surface area contributed by atoms with E-state index in [4.69, 9.17) is 0 Å². The minimum absolute atomic E-state index is 0. The van der Waals surface area contributed by atoms with Crippen molar-refractivity contribution in [2.45, 2.75) is 174 Å². The van der Waals surface area contributed by atoms with Crippen LogP contribution in [0.4, 0.5) is 0 Å². The molecule has 30 heavy (non-hydrogen) atoms. The highest BCUT2D eigenvalue weighted by Crippen LogP contribution is 2.43. The van der Waals surface area contributed by atoms with E-state index in [1.807, 2.05) is 0 Å². The van der Waals surface area contributed by atoms with Crippen molar-refractivity contribution in [1.82, 2.24) is 0 Å². The molecule has 2 atom stereocenters. The number of rotatable bonds is 23. The molecule has 0 amide bonds. The van der Waals surface area contributed by atoms with E-state index in [0.717, 1.165) is 5.92 Å². The lowest BCUT2D eigenvalue weighted by molar-refractivity contribution is 0.274. The fourth-order valence-corrected chi connectivity index (χ4v) is 5.69. The zero-order chi connectivity index (χ0) is 21.6. The maximum absolute atomic E-state index is 3.39.